The van der Waals surface area contributed by atoms with Crippen LogP contribution in [-0.2, 0) is 22.0 Å². The molecule has 0 aliphatic carbocycles. The van der Waals surface area contributed by atoms with Gasteiger partial charge in [-0.2, -0.15) is 0 Å². The number of carbonyl (C=O) groups is 1. The maximum Gasteiger partial charge on any atom is 0.258 e. The van der Waals surface area contributed by atoms with Crippen molar-refractivity contribution in [1.29, 1.82) is 0 Å². The summed E-state index contributed by atoms with van der Waals surface area (Å²) in [5, 5.41) is 14.0. The first-order valence-electron chi connectivity index (χ1n) is 11.1. The summed E-state index contributed by atoms with van der Waals surface area (Å²) in [5.41, 5.74) is 1.09. The first-order chi connectivity index (χ1) is 16.2. The normalized spacial score (nSPS) is 18.0. The average molecular weight is 525 g/mol. The fourth-order valence-corrected chi connectivity index (χ4v) is 5.42. The molecule has 2 N–H and O–H groups in total. The van der Waals surface area contributed by atoms with Crippen molar-refractivity contribution in [2.24, 2.45) is 0 Å². The topological polar surface area (TPSA) is 69.6 Å². The monoisotopic (exact) mass is 524 g/mol. The maximum absolute atomic E-state index is 15.4. The van der Waals surface area contributed by atoms with Crippen LogP contribution in [0.3, 0.4) is 0 Å². The zero-order chi connectivity index (χ0) is 24.7. The van der Waals surface area contributed by atoms with Gasteiger partial charge in [-0.15, -0.1) is 0 Å². The van der Waals surface area contributed by atoms with Gasteiger partial charge in [0.15, 0.2) is 5.67 Å². The zero-order valence-electron chi connectivity index (χ0n) is 19.3. The lowest BCUT2D eigenvalue weighted by atomic mass is 9.93. The molecule has 1 saturated heterocycles. The lowest BCUT2D eigenvalue weighted by Crippen LogP contribution is -2.51. The van der Waals surface area contributed by atoms with Crippen molar-refractivity contribution in [1.82, 2.24) is 9.62 Å². The van der Waals surface area contributed by atoms with Gasteiger partial charge in [-0.05, 0) is 60.2 Å². The van der Waals surface area contributed by atoms with E-state index >= 15 is 4.39 Å². The summed E-state index contributed by atoms with van der Waals surface area (Å²) in [6.07, 6.45) is 3.91. The predicted octanol–water partition coefficient (Wildman–Crippen LogP) is 4.75. The smallest absolute Gasteiger partial charge is 0.258 e. The number of piperidine rings is 1. The van der Waals surface area contributed by atoms with E-state index in [1.54, 1.807) is 13.0 Å². The first-order valence-corrected chi connectivity index (χ1v) is 13.9. The molecule has 0 saturated carbocycles. The molecular formula is C25H30ClFN2O3S2. The van der Waals surface area contributed by atoms with Gasteiger partial charge >= 0.3 is 0 Å². The van der Waals surface area contributed by atoms with Crippen LogP contribution >= 0.6 is 23.5 Å². The van der Waals surface area contributed by atoms with Crippen molar-refractivity contribution >= 4 is 40.3 Å². The van der Waals surface area contributed by atoms with Crippen molar-refractivity contribution < 1.29 is 18.5 Å². The lowest BCUT2D eigenvalue weighted by Gasteiger charge is -2.35. The molecule has 0 bridgehead atoms. The number of hydrogen-bond donors (Lipinski definition) is 2. The SMILES string of the molecule is CC(/C=C\S(C)=O)NC(=O)C1(F)CCN(Sc2ccc(Cl)cc2-c2cccc(CCO)c2)CC1. The van der Waals surface area contributed by atoms with Crippen LogP contribution in [0.15, 0.2) is 58.8 Å². The number of aliphatic hydroxyl groups excluding tert-OH is 1. The maximum atomic E-state index is 15.4. The second kappa shape index (κ2) is 12.3. The van der Waals surface area contributed by atoms with E-state index in [-0.39, 0.29) is 19.4 Å². The minimum Gasteiger partial charge on any atom is -0.396 e. The molecule has 5 nitrogen and oxygen atoms in total. The van der Waals surface area contributed by atoms with E-state index in [1.807, 2.05) is 42.5 Å². The van der Waals surface area contributed by atoms with Gasteiger partial charge in [-0.25, -0.2) is 8.70 Å². The summed E-state index contributed by atoms with van der Waals surface area (Å²) < 4.78 is 28.6. The third kappa shape index (κ3) is 7.39. The van der Waals surface area contributed by atoms with E-state index in [9.17, 15) is 14.1 Å². The molecule has 34 heavy (non-hydrogen) atoms. The van der Waals surface area contributed by atoms with Crippen LogP contribution in [0.25, 0.3) is 11.1 Å². The number of nitrogens with zero attached hydrogens (tertiary/aromatic N) is 1. The number of carbonyl (C=O) groups excluding carboxylic acids is 1. The second-order valence-corrected chi connectivity index (χ2v) is 11.2. The Morgan fingerprint density at radius 1 is 1.32 bits per heavy atom. The number of amides is 1. The van der Waals surface area contributed by atoms with Crippen molar-refractivity contribution in [3.05, 3.63) is 64.5 Å². The fourth-order valence-electron chi connectivity index (χ4n) is 3.74. The van der Waals surface area contributed by atoms with E-state index in [4.69, 9.17) is 11.6 Å². The second-order valence-electron chi connectivity index (χ2n) is 8.39. The number of halogens is 2. The molecule has 1 amide bonds. The predicted molar refractivity (Wildman–Crippen MR) is 139 cm³/mol. The number of benzene rings is 2. The minimum absolute atomic E-state index is 0.0835. The number of aliphatic hydroxyl groups is 1. The summed E-state index contributed by atoms with van der Waals surface area (Å²) in [5.74, 6) is -0.621. The number of nitrogens with one attached hydrogen (secondary N) is 1. The third-order valence-electron chi connectivity index (χ3n) is 5.65. The third-order valence-corrected chi connectivity index (χ3v) is 7.60. The molecular weight excluding hydrogens is 495 g/mol. The van der Waals surface area contributed by atoms with E-state index < -0.39 is 28.4 Å². The first kappa shape index (κ1) is 26.9. The van der Waals surface area contributed by atoms with Crippen molar-refractivity contribution in [2.75, 3.05) is 26.0 Å². The Morgan fingerprint density at radius 2 is 2.06 bits per heavy atom. The van der Waals surface area contributed by atoms with E-state index in [2.05, 4.69) is 9.62 Å². The highest BCUT2D eigenvalue weighted by Gasteiger charge is 2.42. The molecule has 2 atom stereocenters. The molecule has 1 heterocycles. The molecule has 1 aliphatic heterocycles. The standard InChI is InChI=1S/C25H30ClFN2O3S2/c1-18(9-15-34(2)32)28-24(31)25(27)10-12-29(13-11-25)33-23-7-6-21(26)17-22(23)20-5-3-4-19(16-20)8-14-30/h3-7,9,15-18,30H,8,10-14H2,1-2H3,(H,28,31)/b15-9-. The molecule has 0 aromatic heterocycles. The fraction of sp³-hybridized carbons (Fsp3) is 0.400. The van der Waals surface area contributed by atoms with E-state index in [0.29, 0.717) is 24.5 Å². The number of alkyl halides is 1. The largest absolute Gasteiger partial charge is 0.396 e. The number of rotatable bonds is 9. The average Bonchev–Trinajstić information content (AvgIpc) is 2.81. The van der Waals surface area contributed by atoms with Crippen LogP contribution in [-0.4, -0.2) is 57.2 Å². The van der Waals surface area contributed by atoms with Crippen LogP contribution in [0.4, 0.5) is 4.39 Å². The Kier molecular flexibility index (Phi) is 9.74. The van der Waals surface area contributed by atoms with Gasteiger partial charge in [0, 0.05) is 71.0 Å². The molecule has 2 aromatic rings. The Balaban J connectivity index is 1.67. The Bertz CT molecular complexity index is 1060. The van der Waals surface area contributed by atoms with E-state index in [1.165, 1.54) is 23.6 Å². The highest BCUT2D eigenvalue weighted by Crippen LogP contribution is 2.38. The van der Waals surface area contributed by atoms with Gasteiger partial charge in [-0.3, -0.25) is 9.00 Å². The zero-order valence-corrected chi connectivity index (χ0v) is 21.7. The van der Waals surface area contributed by atoms with Crippen LogP contribution in [0.2, 0.25) is 5.02 Å². The van der Waals surface area contributed by atoms with Gasteiger partial charge in [0.1, 0.15) is 0 Å². The van der Waals surface area contributed by atoms with Crippen LogP contribution in [0, 0.1) is 0 Å². The van der Waals surface area contributed by atoms with Crippen LogP contribution in [0.5, 0.6) is 0 Å². The summed E-state index contributed by atoms with van der Waals surface area (Å²) in [7, 11) is -1.12. The van der Waals surface area contributed by atoms with Crippen LogP contribution < -0.4 is 5.32 Å². The quantitative estimate of drug-likeness (QED) is 0.463. The Morgan fingerprint density at radius 3 is 2.74 bits per heavy atom. The molecule has 2 unspecified atom stereocenters. The summed E-state index contributed by atoms with van der Waals surface area (Å²) in [4.78, 5) is 13.5. The summed E-state index contributed by atoms with van der Waals surface area (Å²) in [6, 6.07) is 13.3. The molecule has 0 radical (unpaired) electrons. The van der Waals surface area contributed by atoms with E-state index in [0.717, 1.165) is 21.6 Å². The molecule has 3 rings (SSSR count). The Hall–Kier alpha value is -1.71. The van der Waals surface area contributed by atoms with Crippen molar-refractivity contribution in [3.8, 4) is 11.1 Å². The molecule has 0 spiro atoms. The van der Waals surface area contributed by atoms with Crippen molar-refractivity contribution in [3.63, 3.8) is 0 Å². The molecule has 1 fully saturated rings. The molecule has 1 aliphatic rings. The molecule has 9 heteroatoms. The summed E-state index contributed by atoms with van der Waals surface area (Å²) >= 11 is 7.82. The minimum atomic E-state index is -1.92. The van der Waals surface area contributed by atoms with Gasteiger partial charge in [0.05, 0.1) is 0 Å². The molecule has 184 valence electrons. The van der Waals surface area contributed by atoms with Gasteiger partial charge < -0.3 is 10.4 Å². The van der Waals surface area contributed by atoms with Gasteiger partial charge in [0.25, 0.3) is 5.91 Å². The van der Waals surface area contributed by atoms with Gasteiger partial charge in [0.2, 0.25) is 0 Å². The summed E-state index contributed by atoms with van der Waals surface area (Å²) in [6.45, 7) is 2.65. The Labute approximate surface area is 212 Å². The highest BCUT2D eigenvalue weighted by atomic mass is 35.5. The van der Waals surface area contributed by atoms with Gasteiger partial charge in [-0.1, -0.05) is 41.9 Å². The highest BCUT2D eigenvalue weighted by molar-refractivity contribution is 7.97. The van der Waals surface area contributed by atoms with Crippen LogP contribution in [0.1, 0.15) is 25.3 Å². The lowest BCUT2D eigenvalue weighted by molar-refractivity contribution is -0.135. The number of hydrogen-bond acceptors (Lipinski definition) is 5. The molecule has 2 aromatic carbocycles. The van der Waals surface area contributed by atoms with Crippen molar-refractivity contribution in [2.45, 2.75) is 42.8 Å².